The highest BCUT2D eigenvalue weighted by atomic mass is 35.5. The highest BCUT2D eigenvalue weighted by Gasteiger charge is 2.37. The number of carbonyl (C=O) groups is 1. The van der Waals surface area contributed by atoms with Crippen molar-refractivity contribution in [2.24, 2.45) is 0 Å². The Morgan fingerprint density at radius 3 is 2.63 bits per heavy atom. The summed E-state index contributed by atoms with van der Waals surface area (Å²) in [4.78, 5) is 28.5. The van der Waals surface area contributed by atoms with Crippen LogP contribution in [0.5, 0.6) is 0 Å². The molecule has 1 saturated heterocycles. The molecule has 1 aliphatic heterocycles. The summed E-state index contributed by atoms with van der Waals surface area (Å²) in [7, 11) is 0. The fraction of sp³-hybridized carbons (Fsp3) is 0.333. The van der Waals surface area contributed by atoms with Gasteiger partial charge in [-0.15, -0.1) is 0 Å². The summed E-state index contributed by atoms with van der Waals surface area (Å²) in [6, 6.07) is 10.8. The van der Waals surface area contributed by atoms with Crippen molar-refractivity contribution in [1.82, 2.24) is 25.2 Å². The predicted molar refractivity (Wildman–Crippen MR) is 169 cm³/mol. The van der Waals surface area contributed by atoms with Crippen LogP contribution in [0, 0.1) is 12.7 Å². The summed E-state index contributed by atoms with van der Waals surface area (Å²) in [6.45, 7) is 4.03. The molecule has 2 N–H and O–H groups in total. The first-order valence-corrected chi connectivity index (χ1v) is 16.2. The summed E-state index contributed by atoms with van der Waals surface area (Å²) >= 11 is 15.1. The molecule has 43 heavy (non-hydrogen) atoms. The van der Waals surface area contributed by atoms with Gasteiger partial charge in [-0.2, -0.15) is 0 Å². The number of aromatic nitrogens is 3. The van der Waals surface area contributed by atoms with Gasteiger partial charge < -0.3 is 15.5 Å². The van der Waals surface area contributed by atoms with Crippen molar-refractivity contribution in [2.75, 3.05) is 38.2 Å². The summed E-state index contributed by atoms with van der Waals surface area (Å²) in [5, 5.41) is 7.59. The fourth-order valence-corrected chi connectivity index (χ4v) is 7.23. The number of nitrogens with zero attached hydrogens (tertiary/aromatic N) is 4. The molecule has 4 aromatic rings. The molecule has 13 heteroatoms. The molecule has 5 rings (SSSR count). The second kappa shape index (κ2) is 14.3. The SMILES string of the molecule is Cc1ccnc(Nc2ncc(Sc3ccnc(C(=O)NCC4(c5ccc(Cl)c(Cl)c5)CCN(CCCF)CC4)c3F)s2)c1. The van der Waals surface area contributed by atoms with Crippen molar-refractivity contribution >= 4 is 63.2 Å². The van der Waals surface area contributed by atoms with Gasteiger partial charge >= 0.3 is 0 Å². The van der Waals surface area contributed by atoms with Gasteiger partial charge in [0.25, 0.3) is 5.91 Å². The zero-order valence-electron chi connectivity index (χ0n) is 23.4. The van der Waals surface area contributed by atoms with Gasteiger partial charge in [0.15, 0.2) is 16.6 Å². The Bertz CT molecular complexity index is 1580. The largest absolute Gasteiger partial charge is 0.350 e. The van der Waals surface area contributed by atoms with Crippen molar-refractivity contribution in [3.63, 3.8) is 0 Å². The summed E-state index contributed by atoms with van der Waals surface area (Å²) in [6.07, 6.45) is 6.69. The number of benzene rings is 1. The van der Waals surface area contributed by atoms with Gasteiger partial charge in [0.2, 0.25) is 0 Å². The maximum Gasteiger partial charge on any atom is 0.273 e. The number of alkyl halides is 1. The summed E-state index contributed by atoms with van der Waals surface area (Å²) < 4.78 is 29.1. The van der Waals surface area contributed by atoms with E-state index in [4.69, 9.17) is 23.2 Å². The first-order valence-electron chi connectivity index (χ1n) is 13.8. The number of amides is 1. The van der Waals surface area contributed by atoms with Crippen LogP contribution in [0.1, 0.15) is 40.9 Å². The molecule has 0 spiro atoms. The highest BCUT2D eigenvalue weighted by molar-refractivity contribution is 8.01. The second-order valence-corrected chi connectivity index (χ2v) is 13.6. The zero-order chi connectivity index (χ0) is 30.4. The molecular weight excluding hydrogens is 633 g/mol. The van der Waals surface area contributed by atoms with E-state index in [1.807, 2.05) is 31.2 Å². The van der Waals surface area contributed by atoms with E-state index < -0.39 is 17.1 Å². The fourth-order valence-electron chi connectivity index (χ4n) is 5.06. The first-order chi connectivity index (χ1) is 20.8. The number of thiazole rings is 1. The molecule has 0 bridgehead atoms. The number of anilines is 2. The number of piperidine rings is 1. The van der Waals surface area contributed by atoms with Gasteiger partial charge in [0.05, 0.1) is 32.0 Å². The second-order valence-electron chi connectivity index (χ2n) is 10.4. The molecule has 1 aromatic carbocycles. The van der Waals surface area contributed by atoms with Crippen LogP contribution < -0.4 is 10.6 Å². The number of nitrogens with one attached hydrogen (secondary N) is 2. The Balaban J connectivity index is 1.28. The number of pyridine rings is 2. The van der Waals surface area contributed by atoms with E-state index in [1.54, 1.807) is 18.5 Å². The number of hydrogen-bond acceptors (Lipinski definition) is 8. The average Bonchev–Trinajstić information content (AvgIpc) is 3.44. The maximum atomic E-state index is 15.6. The van der Waals surface area contributed by atoms with Gasteiger partial charge in [0.1, 0.15) is 5.82 Å². The lowest BCUT2D eigenvalue weighted by molar-refractivity contribution is 0.0910. The van der Waals surface area contributed by atoms with Crippen molar-refractivity contribution in [3.8, 4) is 0 Å². The monoisotopic (exact) mass is 662 g/mol. The maximum absolute atomic E-state index is 15.6. The molecule has 0 unspecified atom stereocenters. The predicted octanol–water partition coefficient (Wildman–Crippen LogP) is 7.71. The lowest BCUT2D eigenvalue weighted by Crippen LogP contribution is -2.49. The molecule has 7 nitrogen and oxygen atoms in total. The number of aryl methyl sites for hydroxylation is 1. The normalized spacial score (nSPS) is 14.9. The van der Waals surface area contributed by atoms with Crippen LogP contribution in [0.3, 0.4) is 0 Å². The lowest BCUT2D eigenvalue weighted by Gasteiger charge is -2.42. The van der Waals surface area contributed by atoms with E-state index in [2.05, 4.69) is 30.5 Å². The number of likely N-dealkylation sites (tertiary alicyclic amines) is 1. The van der Waals surface area contributed by atoms with Gasteiger partial charge in [-0.05, 0) is 80.7 Å². The van der Waals surface area contributed by atoms with E-state index in [1.165, 1.54) is 35.4 Å². The average molecular weight is 664 g/mol. The molecule has 1 amide bonds. The molecule has 226 valence electrons. The molecule has 1 aliphatic rings. The van der Waals surface area contributed by atoms with E-state index in [-0.39, 0.29) is 23.8 Å². The Hall–Kier alpha value is -2.83. The van der Waals surface area contributed by atoms with Crippen LogP contribution in [0.2, 0.25) is 10.0 Å². The molecule has 1 fully saturated rings. The van der Waals surface area contributed by atoms with Crippen LogP contribution in [-0.4, -0.2) is 58.6 Å². The number of hydrogen-bond donors (Lipinski definition) is 2. The highest BCUT2D eigenvalue weighted by Crippen LogP contribution is 2.39. The van der Waals surface area contributed by atoms with Crippen LogP contribution in [-0.2, 0) is 5.41 Å². The Kier molecular flexibility index (Phi) is 10.5. The molecular formula is C30H30Cl2F2N6OS2. The minimum absolute atomic E-state index is 0.260. The topological polar surface area (TPSA) is 83.0 Å². The minimum atomic E-state index is -0.696. The number of rotatable bonds is 11. The minimum Gasteiger partial charge on any atom is -0.350 e. The zero-order valence-corrected chi connectivity index (χ0v) is 26.5. The van der Waals surface area contributed by atoms with Gasteiger partial charge in [-0.1, -0.05) is 52.4 Å². The quantitative estimate of drug-likeness (QED) is 0.170. The Morgan fingerprint density at radius 1 is 1.09 bits per heavy atom. The Labute approximate surface area is 267 Å². The number of carbonyl (C=O) groups excluding carboxylic acids is 1. The van der Waals surface area contributed by atoms with E-state index in [0.717, 1.165) is 28.4 Å². The molecule has 0 atom stereocenters. The molecule has 4 heterocycles. The van der Waals surface area contributed by atoms with Crippen molar-refractivity contribution < 1.29 is 13.6 Å². The lowest BCUT2D eigenvalue weighted by atomic mass is 9.72. The van der Waals surface area contributed by atoms with Crippen LogP contribution in [0.15, 0.2) is 64.1 Å². The summed E-state index contributed by atoms with van der Waals surface area (Å²) in [5.74, 6) is -0.627. The molecule has 0 radical (unpaired) electrons. The summed E-state index contributed by atoms with van der Waals surface area (Å²) in [5.41, 5.74) is 1.29. The van der Waals surface area contributed by atoms with Crippen LogP contribution in [0.4, 0.5) is 19.7 Å². The van der Waals surface area contributed by atoms with Gasteiger partial charge in [0, 0.05) is 30.9 Å². The van der Waals surface area contributed by atoms with Crippen LogP contribution >= 0.6 is 46.3 Å². The molecule has 3 aromatic heterocycles. The molecule has 0 aliphatic carbocycles. The van der Waals surface area contributed by atoms with Crippen molar-refractivity contribution in [3.05, 3.63) is 87.7 Å². The standard InChI is InChI=1S/C30H30Cl2F2N6OS2/c1-19-5-10-35-24(15-19)39-29-37-17-25(43-29)42-23-6-11-36-27(26(23)34)28(41)38-18-30(20-3-4-21(31)22(32)16-20)7-13-40(14-8-30)12-2-9-33/h3-6,10-11,15-17H,2,7-9,12-14,18H2,1H3,(H,38,41)(H,35,37,39). The van der Waals surface area contributed by atoms with Crippen molar-refractivity contribution in [2.45, 2.75) is 40.7 Å². The van der Waals surface area contributed by atoms with Crippen LogP contribution in [0.25, 0.3) is 0 Å². The third-order valence-corrected chi connectivity index (χ3v) is 10.2. The Morgan fingerprint density at radius 2 is 1.88 bits per heavy atom. The van der Waals surface area contributed by atoms with E-state index >= 15 is 4.39 Å². The van der Waals surface area contributed by atoms with Gasteiger partial charge in [-0.3, -0.25) is 9.18 Å². The number of halogens is 4. The van der Waals surface area contributed by atoms with Crippen molar-refractivity contribution in [1.29, 1.82) is 0 Å². The van der Waals surface area contributed by atoms with Gasteiger partial charge in [-0.25, -0.2) is 19.3 Å². The third kappa shape index (κ3) is 7.82. The first kappa shape index (κ1) is 31.6. The van der Waals surface area contributed by atoms with E-state index in [0.29, 0.717) is 46.8 Å². The van der Waals surface area contributed by atoms with E-state index in [9.17, 15) is 9.18 Å². The third-order valence-electron chi connectivity index (χ3n) is 7.45. The smallest absolute Gasteiger partial charge is 0.273 e. The molecule has 0 saturated carbocycles.